The molecule has 1 heterocycles. The zero-order valence-corrected chi connectivity index (χ0v) is 11.4. The van der Waals surface area contributed by atoms with Gasteiger partial charge in [-0.1, -0.05) is 6.92 Å². The van der Waals surface area contributed by atoms with Gasteiger partial charge in [-0.25, -0.2) is 0 Å². The zero-order chi connectivity index (χ0) is 12.0. The van der Waals surface area contributed by atoms with Crippen molar-refractivity contribution >= 4 is 0 Å². The Bertz CT molecular complexity index is 185. The summed E-state index contributed by atoms with van der Waals surface area (Å²) in [5.74, 6) is 0. The molecule has 0 bridgehead atoms. The van der Waals surface area contributed by atoms with Gasteiger partial charge in [-0.3, -0.25) is 9.80 Å². The van der Waals surface area contributed by atoms with Crippen molar-refractivity contribution in [1.29, 1.82) is 0 Å². The first kappa shape index (κ1) is 13.9. The first-order chi connectivity index (χ1) is 7.63. The van der Waals surface area contributed by atoms with Crippen molar-refractivity contribution in [1.82, 2.24) is 9.80 Å². The maximum Gasteiger partial charge on any atom is 0.0596 e. The molecule has 0 spiro atoms. The van der Waals surface area contributed by atoms with Gasteiger partial charge in [0.25, 0.3) is 0 Å². The molecule has 1 aliphatic heterocycles. The number of ether oxygens (including phenoxy) is 1. The molecule has 96 valence electrons. The minimum Gasteiger partial charge on any atom is -0.377 e. The van der Waals surface area contributed by atoms with Crippen molar-refractivity contribution in [2.75, 3.05) is 39.3 Å². The lowest BCUT2D eigenvalue weighted by Crippen LogP contribution is -2.52. The third-order valence-corrected chi connectivity index (χ3v) is 3.22. The summed E-state index contributed by atoms with van der Waals surface area (Å²) < 4.78 is 5.60. The Balaban J connectivity index is 2.18. The van der Waals surface area contributed by atoms with E-state index < -0.39 is 0 Å². The molecular formula is C13H28N2O. The molecule has 0 aromatic heterocycles. The molecule has 0 amide bonds. The lowest BCUT2D eigenvalue weighted by molar-refractivity contribution is 0.0310. The topological polar surface area (TPSA) is 15.7 Å². The third-order valence-electron chi connectivity index (χ3n) is 3.22. The Hall–Kier alpha value is -0.120. The van der Waals surface area contributed by atoms with E-state index in [0.717, 1.165) is 13.2 Å². The van der Waals surface area contributed by atoms with Gasteiger partial charge in [0.05, 0.1) is 12.7 Å². The highest BCUT2D eigenvalue weighted by molar-refractivity contribution is 4.78. The summed E-state index contributed by atoms with van der Waals surface area (Å²) in [5, 5.41) is 0. The Morgan fingerprint density at radius 2 is 2.00 bits per heavy atom. The average Bonchev–Trinajstić information content (AvgIpc) is 2.21. The molecule has 1 rings (SSSR count). The van der Waals surface area contributed by atoms with E-state index in [1.165, 1.54) is 32.6 Å². The highest BCUT2D eigenvalue weighted by atomic mass is 16.5. The molecule has 1 atom stereocenters. The number of hydrogen-bond donors (Lipinski definition) is 0. The van der Waals surface area contributed by atoms with Crippen LogP contribution in [0, 0.1) is 0 Å². The Morgan fingerprint density at radius 3 is 2.56 bits per heavy atom. The number of hydrogen-bond acceptors (Lipinski definition) is 3. The lowest BCUT2D eigenvalue weighted by atomic mass is 10.2. The normalized spacial score (nSPS) is 24.2. The van der Waals surface area contributed by atoms with Gasteiger partial charge in [0.2, 0.25) is 0 Å². The van der Waals surface area contributed by atoms with E-state index in [0.29, 0.717) is 12.1 Å². The van der Waals surface area contributed by atoms with E-state index in [-0.39, 0.29) is 0 Å². The zero-order valence-electron chi connectivity index (χ0n) is 11.4. The number of piperazine rings is 1. The second-order valence-corrected chi connectivity index (χ2v) is 5.11. The van der Waals surface area contributed by atoms with Crippen LogP contribution in [0.25, 0.3) is 0 Å². The van der Waals surface area contributed by atoms with Crippen LogP contribution in [-0.4, -0.2) is 61.3 Å². The largest absolute Gasteiger partial charge is 0.377 e. The van der Waals surface area contributed by atoms with Crippen LogP contribution >= 0.6 is 0 Å². The van der Waals surface area contributed by atoms with Gasteiger partial charge in [0.15, 0.2) is 0 Å². The summed E-state index contributed by atoms with van der Waals surface area (Å²) in [4.78, 5) is 5.12. The maximum absolute atomic E-state index is 5.60. The van der Waals surface area contributed by atoms with Gasteiger partial charge in [0, 0.05) is 32.2 Å². The minimum atomic E-state index is 0.360. The molecule has 0 radical (unpaired) electrons. The van der Waals surface area contributed by atoms with Gasteiger partial charge >= 0.3 is 0 Å². The molecule has 3 nitrogen and oxygen atoms in total. The van der Waals surface area contributed by atoms with Crippen molar-refractivity contribution in [2.45, 2.75) is 46.3 Å². The van der Waals surface area contributed by atoms with Crippen LogP contribution < -0.4 is 0 Å². The predicted molar refractivity (Wildman–Crippen MR) is 68.9 cm³/mol. The van der Waals surface area contributed by atoms with Gasteiger partial charge in [-0.05, 0) is 33.7 Å². The van der Waals surface area contributed by atoms with Crippen molar-refractivity contribution in [3.05, 3.63) is 0 Å². The summed E-state index contributed by atoms with van der Waals surface area (Å²) in [5.41, 5.74) is 0. The highest BCUT2D eigenvalue weighted by Gasteiger charge is 2.22. The van der Waals surface area contributed by atoms with Crippen LogP contribution in [0.5, 0.6) is 0 Å². The Labute approximate surface area is 101 Å². The van der Waals surface area contributed by atoms with E-state index in [1.807, 2.05) is 0 Å². The fourth-order valence-electron chi connectivity index (χ4n) is 2.31. The number of nitrogens with zero attached hydrogens (tertiary/aromatic N) is 2. The van der Waals surface area contributed by atoms with E-state index in [4.69, 9.17) is 4.74 Å². The van der Waals surface area contributed by atoms with E-state index in [2.05, 4.69) is 37.5 Å². The Kier molecular flexibility index (Phi) is 6.32. The quantitative estimate of drug-likeness (QED) is 0.690. The van der Waals surface area contributed by atoms with Crippen LogP contribution in [0.1, 0.15) is 34.1 Å². The van der Waals surface area contributed by atoms with Crippen LogP contribution in [0.2, 0.25) is 0 Å². The first-order valence-electron chi connectivity index (χ1n) is 6.71. The van der Waals surface area contributed by atoms with E-state index in [1.54, 1.807) is 0 Å². The number of rotatable bonds is 6. The molecule has 0 N–H and O–H groups in total. The fourth-order valence-corrected chi connectivity index (χ4v) is 2.31. The van der Waals surface area contributed by atoms with Crippen LogP contribution in [0.4, 0.5) is 0 Å². The standard InChI is InChI=1S/C13H28N2O/c1-5-6-15-8-7-14(11-13(15)4)9-10-16-12(2)3/h12-13H,5-11H2,1-4H3/t13-/m0/s1. The molecule has 1 aliphatic rings. The van der Waals surface area contributed by atoms with E-state index in [9.17, 15) is 0 Å². The molecule has 0 unspecified atom stereocenters. The fraction of sp³-hybridized carbons (Fsp3) is 1.00. The van der Waals surface area contributed by atoms with Gasteiger partial charge < -0.3 is 4.74 Å². The van der Waals surface area contributed by atoms with Crippen molar-refractivity contribution in [2.24, 2.45) is 0 Å². The van der Waals surface area contributed by atoms with E-state index >= 15 is 0 Å². The summed E-state index contributed by atoms with van der Waals surface area (Å²) in [6, 6.07) is 0.702. The van der Waals surface area contributed by atoms with Crippen LogP contribution in [-0.2, 0) is 4.74 Å². The second kappa shape index (κ2) is 7.25. The molecule has 3 heteroatoms. The summed E-state index contributed by atoms with van der Waals surface area (Å²) in [6.07, 6.45) is 1.62. The second-order valence-electron chi connectivity index (χ2n) is 5.11. The van der Waals surface area contributed by atoms with Crippen molar-refractivity contribution in [3.63, 3.8) is 0 Å². The lowest BCUT2D eigenvalue weighted by Gasteiger charge is -2.39. The average molecular weight is 228 g/mol. The molecule has 1 fully saturated rings. The third kappa shape index (κ3) is 4.81. The van der Waals surface area contributed by atoms with Crippen molar-refractivity contribution in [3.8, 4) is 0 Å². The summed E-state index contributed by atoms with van der Waals surface area (Å²) in [6.45, 7) is 15.6. The maximum atomic E-state index is 5.60. The van der Waals surface area contributed by atoms with Crippen LogP contribution in [0.3, 0.4) is 0 Å². The highest BCUT2D eigenvalue weighted by Crippen LogP contribution is 2.09. The molecule has 0 aromatic rings. The summed E-state index contributed by atoms with van der Waals surface area (Å²) >= 11 is 0. The predicted octanol–water partition coefficient (Wildman–Crippen LogP) is 1.83. The minimum absolute atomic E-state index is 0.360. The molecule has 1 saturated heterocycles. The monoisotopic (exact) mass is 228 g/mol. The van der Waals surface area contributed by atoms with Gasteiger partial charge in [-0.15, -0.1) is 0 Å². The smallest absolute Gasteiger partial charge is 0.0596 e. The SMILES string of the molecule is CCCN1CCN(CCOC(C)C)C[C@@H]1C. The molecule has 0 aromatic carbocycles. The van der Waals surface area contributed by atoms with Crippen LogP contribution in [0.15, 0.2) is 0 Å². The van der Waals surface area contributed by atoms with Gasteiger partial charge in [-0.2, -0.15) is 0 Å². The first-order valence-corrected chi connectivity index (χ1v) is 6.71. The molecular weight excluding hydrogens is 200 g/mol. The summed E-state index contributed by atoms with van der Waals surface area (Å²) in [7, 11) is 0. The van der Waals surface area contributed by atoms with Gasteiger partial charge in [0.1, 0.15) is 0 Å². The molecule has 16 heavy (non-hydrogen) atoms. The molecule has 0 aliphatic carbocycles. The van der Waals surface area contributed by atoms with Crippen molar-refractivity contribution < 1.29 is 4.74 Å². The Morgan fingerprint density at radius 1 is 1.25 bits per heavy atom. The molecule has 0 saturated carbocycles.